The van der Waals surface area contributed by atoms with Crippen LogP contribution in [-0.4, -0.2) is 39.7 Å². The Morgan fingerprint density at radius 1 is 1.00 bits per heavy atom. The molecule has 1 aromatic rings. The summed E-state index contributed by atoms with van der Waals surface area (Å²) in [6.45, 7) is 19.9. The van der Waals surface area contributed by atoms with Crippen LogP contribution in [0.25, 0.3) is 6.08 Å². The van der Waals surface area contributed by atoms with Crippen LogP contribution in [0, 0.1) is 0 Å². The van der Waals surface area contributed by atoms with Crippen LogP contribution in [0.3, 0.4) is 0 Å². The van der Waals surface area contributed by atoms with Gasteiger partial charge in [-0.2, -0.15) is 0 Å². The molecule has 0 saturated carbocycles. The second kappa shape index (κ2) is 19.1. The number of allylic oxidation sites excluding steroid dienone is 2. The minimum atomic E-state index is -2.51. The Morgan fingerprint density at radius 2 is 1.48 bits per heavy atom. The Labute approximate surface area is 177 Å². The highest BCUT2D eigenvalue weighted by Gasteiger charge is 2.36. The molecule has 6 heteroatoms. The third kappa shape index (κ3) is 15.4. The van der Waals surface area contributed by atoms with E-state index in [0.717, 1.165) is 0 Å². The molecule has 0 aromatic heterocycles. The van der Waals surface area contributed by atoms with E-state index < -0.39 is 14.8 Å². The number of aliphatic carboxylic acids is 1. The van der Waals surface area contributed by atoms with Gasteiger partial charge in [-0.15, -0.1) is 6.58 Å². The summed E-state index contributed by atoms with van der Waals surface area (Å²) in [4.78, 5) is 10.1. The fourth-order valence-corrected chi connectivity index (χ4v) is 3.65. The number of carboxylic acid groups (broad SMARTS) is 1. The first-order valence-electron chi connectivity index (χ1n) is 9.60. The van der Waals surface area contributed by atoms with Gasteiger partial charge < -0.3 is 18.4 Å². The third-order valence-electron chi connectivity index (χ3n) is 3.25. The molecule has 0 aliphatic heterocycles. The van der Waals surface area contributed by atoms with Gasteiger partial charge in [0.25, 0.3) is 0 Å². The lowest BCUT2D eigenvalue weighted by atomic mass is 10.2. The molecule has 0 amide bonds. The van der Waals surface area contributed by atoms with E-state index in [0.29, 0.717) is 31.8 Å². The number of rotatable bonds is 11. The summed E-state index contributed by atoms with van der Waals surface area (Å²) in [6, 6.07) is 10.0. The summed E-state index contributed by atoms with van der Waals surface area (Å²) in [5.74, 6) is -0.864. The van der Waals surface area contributed by atoms with E-state index in [1.54, 1.807) is 24.8 Å². The average Bonchev–Trinajstić information content (AvgIpc) is 2.74. The molecule has 0 bridgehead atoms. The number of hydrogen-bond acceptors (Lipinski definition) is 4. The first kappa shape index (κ1) is 29.0. The Kier molecular flexibility index (Phi) is 19.0. The van der Waals surface area contributed by atoms with Crippen LogP contribution in [0.5, 0.6) is 0 Å². The normalized spacial score (nSPS) is 10.6. The molecule has 1 rings (SSSR count). The van der Waals surface area contributed by atoms with E-state index in [2.05, 4.69) is 19.7 Å². The van der Waals surface area contributed by atoms with Crippen molar-refractivity contribution in [2.24, 2.45) is 0 Å². The Balaban J connectivity index is 0. The highest BCUT2D eigenvalue weighted by atomic mass is 28.4. The van der Waals surface area contributed by atoms with Gasteiger partial charge in [-0.3, -0.25) is 0 Å². The fraction of sp³-hybridized carbons (Fsp3) is 0.348. The molecule has 162 valence electrons. The van der Waals surface area contributed by atoms with Crippen molar-refractivity contribution in [1.82, 2.24) is 0 Å². The molecule has 0 spiro atoms. The summed E-state index contributed by atoms with van der Waals surface area (Å²) in [7, 11) is -2.51. The smallest absolute Gasteiger partial charge is 0.478 e. The van der Waals surface area contributed by atoms with Gasteiger partial charge in [-0.05, 0) is 45.4 Å². The van der Waals surface area contributed by atoms with Gasteiger partial charge in [0.15, 0.2) is 0 Å². The minimum Gasteiger partial charge on any atom is -0.478 e. The maximum atomic E-state index is 10.1. The zero-order valence-electron chi connectivity index (χ0n) is 18.2. The monoisotopic (exact) mass is 420 g/mol. The molecule has 1 N–H and O–H groups in total. The molecule has 5 nitrogen and oxygen atoms in total. The van der Waals surface area contributed by atoms with Crippen LogP contribution < -0.4 is 0 Å². The second-order valence-electron chi connectivity index (χ2n) is 5.44. The quantitative estimate of drug-likeness (QED) is 0.283. The SMILES string of the molecule is C=CCC=C(C)C(=O)O.C=C[Si](OCC)(OCC)OCC.C=Cc1ccccc1. The Bertz CT molecular complexity index is 594. The predicted molar refractivity (Wildman–Crippen MR) is 124 cm³/mol. The highest BCUT2D eigenvalue weighted by Crippen LogP contribution is 2.10. The maximum Gasteiger partial charge on any atom is 0.528 e. The Hall–Kier alpha value is -2.25. The summed E-state index contributed by atoms with van der Waals surface area (Å²) < 4.78 is 16.3. The molecule has 29 heavy (non-hydrogen) atoms. The second-order valence-corrected chi connectivity index (χ2v) is 7.92. The van der Waals surface area contributed by atoms with Crippen molar-refractivity contribution < 1.29 is 23.2 Å². The summed E-state index contributed by atoms with van der Waals surface area (Å²) in [5.41, 5.74) is 3.21. The van der Waals surface area contributed by atoms with Gasteiger partial charge in [0.2, 0.25) is 0 Å². The molecule has 1 aromatic carbocycles. The number of carbonyl (C=O) groups is 1. The van der Waals surface area contributed by atoms with E-state index >= 15 is 0 Å². The molecule has 0 unspecified atom stereocenters. The standard InChI is InChI=1S/C8H18O3Si.C8H8.C7H10O2/c1-5-9-12(8-4,10-6-2)11-7-3;1-2-8-6-4-3-5-7-8;1-3-4-5-6(2)7(8)9/h8H,4-7H2,1-3H3;2-7H,1H2;3,5H,1,4H2,2H3,(H,8,9). The molecular formula is C23H36O5Si. The van der Waals surface area contributed by atoms with E-state index in [4.69, 9.17) is 18.4 Å². The van der Waals surface area contributed by atoms with Crippen molar-refractivity contribution in [3.63, 3.8) is 0 Å². The molecule has 0 radical (unpaired) electrons. The van der Waals surface area contributed by atoms with Gasteiger partial charge in [0.1, 0.15) is 0 Å². The Morgan fingerprint density at radius 3 is 1.76 bits per heavy atom. The molecule has 0 aliphatic carbocycles. The highest BCUT2D eigenvalue weighted by molar-refractivity contribution is 6.66. The number of hydrogen-bond donors (Lipinski definition) is 1. The minimum absolute atomic E-state index is 0.370. The summed E-state index contributed by atoms with van der Waals surface area (Å²) in [6.07, 6.45) is 5.74. The first-order chi connectivity index (χ1) is 13.9. The van der Waals surface area contributed by atoms with Crippen molar-refractivity contribution >= 4 is 20.8 Å². The van der Waals surface area contributed by atoms with Crippen molar-refractivity contribution in [3.8, 4) is 0 Å². The van der Waals surface area contributed by atoms with Crippen molar-refractivity contribution in [2.75, 3.05) is 19.8 Å². The van der Waals surface area contributed by atoms with Crippen LogP contribution in [-0.2, 0) is 18.1 Å². The van der Waals surface area contributed by atoms with Gasteiger partial charge >= 0.3 is 14.8 Å². The molecule has 0 atom stereocenters. The lowest BCUT2D eigenvalue weighted by Crippen LogP contribution is -2.44. The topological polar surface area (TPSA) is 65.0 Å². The lowest BCUT2D eigenvalue weighted by Gasteiger charge is -2.24. The van der Waals surface area contributed by atoms with Crippen molar-refractivity contribution in [1.29, 1.82) is 0 Å². The lowest BCUT2D eigenvalue weighted by molar-refractivity contribution is -0.132. The zero-order valence-corrected chi connectivity index (χ0v) is 19.2. The molecule has 0 aliphatic rings. The van der Waals surface area contributed by atoms with Crippen LogP contribution in [0.1, 0.15) is 39.7 Å². The largest absolute Gasteiger partial charge is 0.528 e. The average molecular weight is 421 g/mol. The predicted octanol–water partition coefficient (Wildman–Crippen LogP) is 5.68. The summed E-state index contributed by atoms with van der Waals surface area (Å²) >= 11 is 0. The van der Waals surface area contributed by atoms with Gasteiger partial charge in [0, 0.05) is 25.4 Å². The maximum absolute atomic E-state index is 10.1. The number of benzene rings is 1. The van der Waals surface area contributed by atoms with Gasteiger partial charge in [-0.25, -0.2) is 4.79 Å². The van der Waals surface area contributed by atoms with Gasteiger partial charge in [-0.1, -0.05) is 61.7 Å². The third-order valence-corrected chi connectivity index (χ3v) is 5.82. The van der Waals surface area contributed by atoms with Crippen LogP contribution in [0.2, 0.25) is 0 Å². The summed E-state index contributed by atoms with van der Waals surface area (Å²) in [5, 5.41) is 8.31. The van der Waals surface area contributed by atoms with Crippen LogP contribution >= 0.6 is 0 Å². The fourth-order valence-electron chi connectivity index (χ4n) is 1.84. The van der Waals surface area contributed by atoms with E-state index in [-0.39, 0.29) is 0 Å². The molecule has 0 heterocycles. The first-order valence-corrected chi connectivity index (χ1v) is 11.4. The molecule has 0 fully saturated rings. The molecular weight excluding hydrogens is 384 g/mol. The van der Waals surface area contributed by atoms with Crippen molar-refractivity contribution in [2.45, 2.75) is 34.1 Å². The number of carboxylic acids is 1. The van der Waals surface area contributed by atoms with E-state index in [9.17, 15) is 4.79 Å². The van der Waals surface area contributed by atoms with Gasteiger partial charge in [0.05, 0.1) is 0 Å². The molecule has 0 saturated heterocycles. The van der Waals surface area contributed by atoms with Crippen molar-refractivity contribution in [3.05, 3.63) is 79.1 Å². The van der Waals surface area contributed by atoms with Crippen LogP contribution in [0.4, 0.5) is 0 Å². The van der Waals surface area contributed by atoms with Crippen LogP contribution in [0.15, 0.2) is 73.5 Å². The van der Waals surface area contributed by atoms with E-state index in [1.807, 2.05) is 57.2 Å². The zero-order chi connectivity index (χ0) is 22.5. The van der Waals surface area contributed by atoms with E-state index in [1.165, 1.54) is 5.56 Å².